The van der Waals surface area contributed by atoms with Crippen molar-refractivity contribution >= 4 is 35.6 Å². The Kier molecular flexibility index (Phi) is 10.0. The van der Waals surface area contributed by atoms with Crippen molar-refractivity contribution in [2.75, 3.05) is 6.54 Å². The third kappa shape index (κ3) is 10.4. The van der Waals surface area contributed by atoms with Crippen LogP contribution in [0.15, 0.2) is 0 Å². The molecule has 0 saturated carbocycles. The Balaban J connectivity index is 4.73. The first-order chi connectivity index (χ1) is 12.4. The highest BCUT2D eigenvalue weighted by Gasteiger charge is 2.26. The Morgan fingerprint density at radius 3 is 1.93 bits per heavy atom. The first-order valence-electron chi connectivity index (χ1n) is 7.73. The van der Waals surface area contributed by atoms with E-state index in [-0.39, 0.29) is 6.42 Å². The molecule has 0 aliphatic heterocycles. The molecular weight excluding hydrogens is 368 g/mol. The number of hydrogen-bond donors (Lipinski definition) is 7. The molecule has 152 valence electrons. The lowest BCUT2D eigenvalue weighted by molar-refractivity contribution is -0.143. The average Bonchev–Trinajstić information content (AvgIpc) is 2.54. The van der Waals surface area contributed by atoms with E-state index in [0.29, 0.717) is 0 Å². The standard InChI is InChI=1S/C14H22N4O9/c1-6(15)12(24)18-8(4-11(22)23)13(25)16-5-9(19)17-7(14(26)27)2-3-10(20)21/h6-8H,2-5,15H2,1H3,(H,16,25)(H,17,19)(H,18,24)(H,20,21)(H,22,23)(H,26,27). The lowest BCUT2D eigenvalue weighted by atomic mass is 10.1. The van der Waals surface area contributed by atoms with Gasteiger partial charge in [-0.05, 0) is 13.3 Å². The number of nitrogens with two attached hydrogens (primary N) is 1. The fraction of sp³-hybridized carbons (Fsp3) is 0.571. The van der Waals surface area contributed by atoms with Gasteiger partial charge in [0.25, 0.3) is 0 Å². The number of rotatable bonds is 12. The van der Waals surface area contributed by atoms with E-state index in [9.17, 15) is 28.8 Å². The topological polar surface area (TPSA) is 225 Å². The van der Waals surface area contributed by atoms with Crippen LogP contribution in [0.4, 0.5) is 0 Å². The van der Waals surface area contributed by atoms with E-state index in [0.717, 1.165) is 0 Å². The number of aliphatic carboxylic acids is 3. The van der Waals surface area contributed by atoms with E-state index in [4.69, 9.17) is 21.1 Å². The highest BCUT2D eigenvalue weighted by atomic mass is 16.4. The van der Waals surface area contributed by atoms with E-state index in [1.165, 1.54) is 6.92 Å². The van der Waals surface area contributed by atoms with Gasteiger partial charge in [0.2, 0.25) is 17.7 Å². The van der Waals surface area contributed by atoms with Gasteiger partial charge in [-0.15, -0.1) is 0 Å². The van der Waals surface area contributed by atoms with Crippen molar-refractivity contribution < 1.29 is 44.1 Å². The van der Waals surface area contributed by atoms with Gasteiger partial charge < -0.3 is 37.0 Å². The maximum Gasteiger partial charge on any atom is 0.326 e. The van der Waals surface area contributed by atoms with E-state index in [1.807, 2.05) is 5.32 Å². The van der Waals surface area contributed by atoms with Gasteiger partial charge in [-0.2, -0.15) is 0 Å². The largest absolute Gasteiger partial charge is 0.481 e. The van der Waals surface area contributed by atoms with E-state index in [1.54, 1.807) is 0 Å². The molecule has 0 aliphatic carbocycles. The van der Waals surface area contributed by atoms with Gasteiger partial charge in [0.05, 0.1) is 19.0 Å². The molecule has 0 rings (SSSR count). The quantitative estimate of drug-likeness (QED) is 0.177. The SMILES string of the molecule is CC(N)C(=O)NC(CC(=O)O)C(=O)NCC(=O)NC(CCC(=O)O)C(=O)O. The Morgan fingerprint density at radius 2 is 1.48 bits per heavy atom. The number of nitrogens with one attached hydrogen (secondary N) is 3. The Labute approximate surface area is 153 Å². The Hall–Kier alpha value is -3.22. The second kappa shape index (κ2) is 11.4. The molecule has 0 fully saturated rings. The molecule has 3 atom stereocenters. The number of carbonyl (C=O) groups is 6. The van der Waals surface area contributed by atoms with Gasteiger partial charge in [0, 0.05) is 6.42 Å². The third-order valence-corrected chi connectivity index (χ3v) is 3.13. The van der Waals surface area contributed by atoms with E-state index < -0.39 is 73.1 Å². The molecule has 0 aliphatic rings. The fourth-order valence-corrected chi connectivity index (χ4v) is 1.75. The highest BCUT2D eigenvalue weighted by molar-refractivity contribution is 5.94. The number of carboxylic acid groups (broad SMARTS) is 3. The molecule has 8 N–H and O–H groups in total. The van der Waals surface area contributed by atoms with Gasteiger partial charge in [-0.1, -0.05) is 0 Å². The zero-order chi connectivity index (χ0) is 21.1. The zero-order valence-corrected chi connectivity index (χ0v) is 14.4. The first kappa shape index (κ1) is 23.8. The van der Waals surface area contributed by atoms with Crippen LogP contribution in [0.2, 0.25) is 0 Å². The summed E-state index contributed by atoms with van der Waals surface area (Å²) >= 11 is 0. The van der Waals surface area contributed by atoms with Crippen molar-refractivity contribution in [3.63, 3.8) is 0 Å². The molecule has 0 aromatic carbocycles. The second-order valence-electron chi connectivity index (χ2n) is 5.56. The summed E-state index contributed by atoms with van der Waals surface area (Å²) in [7, 11) is 0. The van der Waals surface area contributed by atoms with Crippen LogP contribution in [-0.2, 0) is 28.8 Å². The minimum Gasteiger partial charge on any atom is -0.481 e. The highest BCUT2D eigenvalue weighted by Crippen LogP contribution is 1.98. The van der Waals surface area contributed by atoms with Crippen LogP contribution in [-0.4, -0.2) is 75.6 Å². The lowest BCUT2D eigenvalue weighted by Gasteiger charge is -2.18. The van der Waals surface area contributed by atoms with Crippen molar-refractivity contribution in [2.24, 2.45) is 5.73 Å². The van der Waals surface area contributed by atoms with Crippen LogP contribution < -0.4 is 21.7 Å². The predicted octanol–water partition coefficient (Wildman–Crippen LogP) is -3.16. The van der Waals surface area contributed by atoms with Gasteiger partial charge in [-0.25, -0.2) is 4.79 Å². The molecular formula is C14H22N4O9. The van der Waals surface area contributed by atoms with Crippen molar-refractivity contribution in [1.82, 2.24) is 16.0 Å². The van der Waals surface area contributed by atoms with Crippen molar-refractivity contribution in [3.05, 3.63) is 0 Å². The summed E-state index contributed by atoms with van der Waals surface area (Å²) in [6.07, 6.45) is -1.62. The van der Waals surface area contributed by atoms with Crippen LogP contribution in [0.1, 0.15) is 26.2 Å². The molecule has 3 unspecified atom stereocenters. The molecule has 0 aromatic heterocycles. The average molecular weight is 390 g/mol. The number of amides is 3. The molecule has 13 heteroatoms. The van der Waals surface area contributed by atoms with Crippen LogP contribution in [0.5, 0.6) is 0 Å². The van der Waals surface area contributed by atoms with Crippen molar-refractivity contribution in [1.29, 1.82) is 0 Å². The molecule has 0 bridgehead atoms. The lowest BCUT2D eigenvalue weighted by Crippen LogP contribution is -2.53. The Morgan fingerprint density at radius 1 is 0.889 bits per heavy atom. The zero-order valence-electron chi connectivity index (χ0n) is 14.4. The van der Waals surface area contributed by atoms with Gasteiger partial charge in [0.1, 0.15) is 12.1 Å². The van der Waals surface area contributed by atoms with E-state index in [2.05, 4.69) is 10.6 Å². The number of hydrogen-bond acceptors (Lipinski definition) is 7. The molecule has 3 amide bonds. The van der Waals surface area contributed by atoms with Crippen molar-refractivity contribution in [3.8, 4) is 0 Å². The molecule has 0 aromatic rings. The van der Waals surface area contributed by atoms with Gasteiger partial charge in [-0.3, -0.25) is 24.0 Å². The first-order valence-corrected chi connectivity index (χ1v) is 7.73. The van der Waals surface area contributed by atoms with Crippen molar-refractivity contribution in [2.45, 2.75) is 44.3 Å². The van der Waals surface area contributed by atoms with Gasteiger partial charge >= 0.3 is 17.9 Å². The number of carboxylic acids is 3. The molecule has 13 nitrogen and oxygen atoms in total. The summed E-state index contributed by atoms with van der Waals surface area (Å²) in [5.74, 6) is -6.79. The summed E-state index contributed by atoms with van der Waals surface area (Å²) < 4.78 is 0. The van der Waals surface area contributed by atoms with Crippen LogP contribution in [0, 0.1) is 0 Å². The fourth-order valence-electron chi connectivity index (χ4n) is 1.75. The molecule has 0 spiro atoms. The molecule has 0 radical (unpaired) electrons. The summed E-state index contributed by atoms with van der Waals surface area (Å²) in [6.45, 7) is 0.613. The molecule has 0 saturated heterocycles. The minimum atomic E-state index is -1.49. The summed E-state index contributed by atoms with van der Waals surface area (Å²) in [5, 5.41) is 32.5. The Bertz CT molecular complexity index is 605. The van der Waals surface area contributed by atoms with Crippen LogP contribution in [0.3, 0.4) is 0 Å². The number of carbonyl (C=O) groups excluding carboxylic acids is 3. The minimum absolute atomic E-state index is 0.365. The maximum atomic E-state index is 12.0. The van der Waals surface area contributed by atoms with E-state index >= 15 is 0 Å². The third-order valence-electron chi connectivity index (χ3n) is 3.13. The monoisotopic (exact) mass is 390 g/mol. The maximum absolute atomic E-state index is 12.0. The normalized spacial score (nSPS) is 13.6. The van der Waals surface area contributed by atoms with Crippen LogP contribution in [0.25, 0.3) is 0 Å². The van der Waals surface area contributed by atoms with Crippen LogP contribution >= 0.6 is 0 Å². The van der Waals surface area contributed by atoms with Gasteiger partial charge in [0.15, 0.2) is 0 Å². The molecule has 0 heterocycles. The summed E-state index contributed by atoms with van der Waals surface area (Å²) in [5.41, 5.74) is 5.32. The summed E-state index contributed by atoms with van der Waals surface area (Å²) in [6, 6.07) is -3.96. The smallest absolute Gasteiger partial charge is 0.326 e. The summed E-state index contributed by atoms with van der Waals surface area (Å²) in [4.78, 5) is 67.5. The second-order valence-corrected chi connectivity index (χ2v) is 5.56. The predicted molar refractivity (Wildman–Crippen MR) is 87.3 cm³/mol. The molecule has 27 heavy (non-hydrogen) atoms.